The van der Waals surface area contributed by atoms with Gasteiger partial charge in [-0.05, 0) is 24.5 Å². The highest BCUT2D eigenvalue weighted by atomic mass is 16.5. The maximum atomic E-state index is 11.8. The first-order valence-corrected chi connectivity index (χ1v) is 6.28. The van der Waals surface area contributed by atoms with E-state index in [0.717, 1.165) is 11.0 Å². The van der Waals surface area contributed by atoms with Crippen molar-refractivity contribution in [3.05, 3.63) is 24.6 Å². The van der Waals surface area contributed by atoms with Gasteiger partial charge in [-0.25, -0.2) is 9.78 Å². The van der Waals surface area contributed by atoms with Crippen molar-refractivity contribution in [3.8, 4) is 0 Å². The van der Waals surface area contributed by atoms with Gasteiger partial charge in [-0.2, -0.15) is 0 Å². The van der Waals surface area contributed by atoms with Gasteiger partial charge >= 0.3 is 5.97 Å². The summed E-state index contributed by atoms with van der Waals surface area (Å²) in [6.45, 7) is 4.12. The Kier molecular flexibility index (Phi) is 4.04. The number of aromatic nitrogens is 1. The largest absolute Gasteiger partial charge is 0.467 e. The van der Waals surface area contributed by atoms with Crippen LogP contribution < -0.4 is 5.32 Å². The Bertz CT molecular complexity index is 563. The van der Waals surface area contributed by atoms with E-state index >= 15 is 0 Å². The lowest BCUT2D eigenvalue weighted by molar-refractivity contribution is -0.141. The highest BCUT2D eigenvalue weighted by Crippen LogP contribution is 2.23. The van der Waals surface area contributed by atoms with Gasteiger partial charge in [-0.3, -0.25) is 0 Å². The van der Waals surface area contributed by atoms with Gasteiger partial charge in [0.1, 0.15) is 17.4 Å². The van der Waals surface area contributed by atoms with Crippen LogP contribution in [0, 0.1) is 5.92 Å². The Morgan fingerprint density at radius 3 is 2.95 bits per heavy atom. The number of carbonyl (C=O) groups excluding carboxylic acids is 1. The highest BCUT2D eigenvalue weighted by Gasteiger charge is 2.21. The number of furan rings is 1. The highest BCUT2D eigenvalue weighted by molar-refractivity contribution is 5.90. The standard InChI is InChI=1S/C14H18N2O3/c1-9(2)8-11(14(17)18-3)16-13-10-5-7-19-12(10)4-6-15-13/h4-7,9,11H,8H2,1-3H3,(H,15,16). The lowest BCUT2D eigenvalue weighted by Gasteiger charge is -2.19. The van der Waals surface area contributed by atoms with E-state index in [1.807, 2.05) is 6.07 Å². The molecule has 0 radical (unpaired) electrons. The third-order valence-corrected chi connectivity index (χ3v) is 2.88. The Hall–Kier alpha value is -2.04. The molecule has 0 saturated carbocycles. The lowest BCUT2D eigenvalue weighted by Crippen LogP contribution is -2.32. The minimum atomic E-state index is -0.405. The van der Waals surface area contributed by atoms with E-state index in [9.17, 15) is 4.79 Å². The minimum absolute atomic E-state index is 0.281. The van der Waals surface area contributed by atoms with E-state index in [1.54, 1.807) is 18.5 Å². The van der Waals surface area contributed by atoms with Crippen LogP contribution in [0.4, 0.5) is 5.82 Å². The molecule has 5 nitrogen and oxygen atoms in total. The van der Waals surface area contributed by atoms with Crippen LogP contribution in [0.2, 0.25) is 0 Å². The number of hydrogen-bond donors (Lipinski definition) is 1. The van der Waals surface area contributed by atoms with Crippen molar-refractivity contribution in [3.63, 3.8) is 0 Å². The molecule has 0 saturated heterocycles. The van der Waals surface area contributed by atoms with Gasteiger partial charge < -0.3 is 14.5 Å². The second-order valence-electron chi connectivity index (χ2n) is 4.84. The maximum Gasteiger partial charge on any atom is 0.328 e. The van der Waals surface area contributed by atoms with E-state index in [0.29, 0.717) is 18.2 Å². The number of pyridine rings is 1. The number of esters is 1. The summed E-state index contributed by atoms with van der Waals surface area (Å²) in [6, 6.07) is 3.21. The molecule has 19 heavy (non-hydrogen) atoms. The molecule has 0 fully saturated rings. The number of rotatable bonds is 5. The predicted octanol–water partition coefficient (Wildman–Crippen LogP) is 2.83. The predicted molar refractivity (Wildman–Crippen MR) is 72.9 cm³/mol. The van der Waals surface area contributed by atoms with E-state index in [2.05, 4.69) is 24.1 Å². The molecule has 0 aliphatic heterocycles. The van der Waals surface area contributed by atoms with Crippen LogP contribution in [0.1, 0.15) is 20.3 Å². The maximum absolute atomic E-state index is 11.8. The number of nitrogens with zero attached hydrogens (tertiary/aromatic N) is 1. The van der Waals surface area contributed by atoms with Crippen LogP contribution in [0.25, 0.3) is 11.0 Å². The number of hydrogen-bond acceptors (Lipinski definition) is 5. The van der Waals surface area contributed by atoms with Gasteiger partial charge in [-0.15, -0.1) is 0 Å². The van der Waals surface area contributed by atoms with Gasteiger partial charge in [0.25, 0.3) is 0 Å². The fourth-order valence-corrected chi connectivity index (χ4v) is 2.00. The molecule has 5 heteroatoms. The molecule has 0 aromatic carbocycles. The normalized spacial score (nSPS) is 12.6. The molecule has 1 N–H and O–H groups in total. The molecule has 2 rings (SSSR count). The summed E-state index contributed by atoms with van der Waals surface area (Å²) >= 11 is 0. The molecular formula is C14H18N2O3. The summed E-state index contributed by atoms with van der Waals surface area (Å²) in [4.78, 5) is 16.1. The van der Waals surface area contributed by atoms with Gasteiger partial charge in [0.05, 0.1) is 18.8 Å². The first kappa shape index (κ1) is 13.4. The van der Waals surface area contributed by atoms with Crippen LogP contribution in [0.15, 0.2) is 29.0 Å². The number of fused-ring (bicyclic) bond motifs is 1. The Morgan fingerprint density at radius 1 is 1.47 bits per heavy atom. The van der Waals surface area contributed by atoms with Crippen molar-refractivity contribution >= 4 is 22.8 Å². The molecular weight excluding hydrogens is 244 g/mol. The molecule has 0 bridgehead atoms. The third-order valence-electron chi connectivity index (χ3n) is 2.88. The Balaban J connectivity index is 2.25. The molecule has 1 unspecified atom stereocenters. The number of anilines is 1. The fourth-order valence-electron chi connectivity index (χ4n) is 2.00. The van der Waals surface area contributed by atoms with Crippen molar-refractivity contribution in [1.82, 2.24) is 4.98 Å². The molecule has 2 heterocycles. The Labute approximate surface area is 112 Å². The topological polar surface area (TPSA) is 64.4 Å². The number of carbonyl (C=O) groups is 1. The molecule has 2 aromatic heterocycles. The van der Waals surface area contributed by atoms with E-state index < -0.39 is 6.04 Å². The second-order valence-corrected chi connectivity index (χ2v) is 4.84. The van der Waals surface area contributed by atoms with Gasteiger partial charge in [0.15, 0.2) is 0 Å². The van der Waals surface area contributed by atoms with E-state index in [1.165, 1.54) is 7.11 Å². The number of nitrogens with one attached hydrogen (secondary N) is 1. The zero-order valence-electron chi connectivity index (χ0n) is 11.3. The molecule has 2 aromatic rings. The molecule has 0 spiro atoms. The average molecular weight is 262 g/mol. The average Bonchev–Trinajstić information content (AvgIpc) is 2.85. The lowest BCUT2D eigenvalue weighted by atomic mass is 10.0. The Morgan fingerprint density at radius 2 is 2.26 bits per heavy atom. The van der Waals surface area contributed by atoms with Crippen LogP contribution in [0.3, 0.4) is 0 Å². The number of ether oxygens (including phenoxy) is 1. The van der Waals surface area contributed by atoms with Gasteiger partial charge in [0, 0.05) is 6.20 Å². The van der Waals surface area contributed by atoms with E-state index in [4.69, 9.17) is 9.15 Å². The smallest absolute Gasteiger partial charge is 0.328 e. The SMILES string of the molecule is COC(=O)C(CC(C)C)Nc1nccc2occc12. The summed E-state index contributed by atoms with van der Waals surface area (Å²) < 4.78 is 10.1. The zero-order valence-corrected chi connectivity index (χ0v) is 11.3. The fraction of sp³-hybridized carbons (Fsp3) is 0.429. The van der Waals surface area contributed by atoms with Crippen molar-refractivity contribution in [1.29, 1.82) is 0 Å². The molecule has 102 valence electrons. The van der Waals surface area contributed by atoms with Crippen LogP contribution in [-0.4, -0.2) is 24.1 Å². The summed E-state index contributed by atoms with van der Waals surface area (Å²) in [7, 11) is 1.39. The molecule has 0 amide bonds. The van der Waals surface area contributed by atoms with Gasteiger partial charge in [-0.1, -0.05) is 13.8 Å². The van der Waals surface area contributed by atoms with Crippen LogP contribution in [-0.2, 0) is 9.53 Å². The van der Waals surface area contributed by atoms with Crippen molar-refractivity contribution < 1.29 is 13.9 Å². The van der Waals surface area contributed by atoms with Gasteiger partial charge in [0.2, 0.25) is 0 Å². The van der Waals surface area contributed by atoms with Crippen molar-refractivity contribution in [2.45, 2.75) is 26.3 Å². The number of methoxy groups -OCH3 is 1. The van der Waals surface area contributed by atoms with Crippen molar-refractivity contribution in [2.24, 2.45) is 5.92 Å². The summed E-state index contributed by atoms with van der Waals surface area (Å²) in [5.41, 5.74) is 0.741. The summed E-state index contributed by atoms with van der Waals surface area (Å²) in [6.07, 6.45) is 3.94. The molecule has 0 aliphatic rings. The van der Waals surface area contributed by atoms with Crippen LogP contribution in [0.5, 0.6) is 0 Å². The monoisotopic (exact) mass is 262 g/mol. The second kappa shape index (κ2) is 5.73. The summed E-state index contributed by atoms with van der Waals surface area (Å²) in [5, 5.41) is 4.01. The zero-order chi connectivity index (χ0) is 13.8. The molecule has 0 aliphatic carbocycles. The van der Waals surface area contributed by atoms with E-state index in [-0.39, 0.29) is 5.97 Å². The summed E-state index contributed by atoms with van der Waals surface area (Å²) in [5.74, 6) is 0.735. The minimum Gasteiger partial charge on any atom is -0.467 e. The quantitative estimate of drug-likeness (QED) is 0.839. The van der Waals surface area contributed by atoms with Crippen molar-refractivity contribution in [2.75, 3.05) is 12.4 Å². The van der Waals surface area contributed by atoms with Crippen LogP contribution >= 0.6 is 0 Å². The first-order valence-electron chi connectivity index (χ1n) is 6.28. The first-order chi connectivity index (χ1) is 9.11. The third kappa shape index (κ3) is 3.05. The molecule has 1 atom stereocenters.